The van der Waals surface area contributed by atoms with Crippen molar-refractivity contribution in [1.82, 2.24) is 0 Å². The summed E-state index contributed by atoms with van der Waals surface area (Å²) in [4.78, 5) is 12.0. The average Bonchev–Trinajstić information content (AvgIpc) is 2.47. The lowest BCUT2D eigenvalue weighted by molar-refractivity contribution is -0.173. The minimum atomic E-state index is -3.00. The van der Waals surface area contributed by atoms with Crippen LogP contribution in [0.2, 0.25) is 0 Å². The third-order valence-electron chi connectivity index (χ3n) is 4.02. The van der Waals surface area contributed by atoms with Gasteiger partial charge in [0.2, 0.25) is 0 Å². The van der Waals surface area contributed by atoms with Gasteiger partial charge in [0, 0.05) is 0 Å². The molecule has 1 aromatic carbocycles. The van der Waals surface area contributed by atoms with Crippen molar-refractivity contribution in [1.29, 1.82) is 0 Å². The van der Waals surface area contributed by atoms with Crippen LogP contribution in [0.1, 0.15) is 57.6 Å². The monoisotopic (exact) mass is 328 g/mol. The van der Waals surface area contributed by atoms with Gasteiger partial charge in [-0.05, 0) is 30.4 Å². The van der Waals surface area contributed by atoms with E-state index >= 15 is 0 Å². The lowest BCUT2D eigenvalue weighted by atomic mass is 9.77. The summed E-state index contributed by atoms with van der Waals surface area (Å²) in [6.45, 7) is 7.37. The fourth-order valence-electron chi connectivity index (χ4n) is 2.76. The number of benzene rings is 1. The number of carbonyl (C=O) groups excluding carboxylic acids is 1. The lowest BCUT2D eigenvalue weighted by Gasteiger charge is -2.35. The quantitative estimate of drug-likeness (QED) is 0.726. The van der Waals surface area contributed by atoms with E-state index in [0.717, 1.165) is 5.56 Å². The largest absolute Gasteiger partial charge is 0.466 e. The average molecular weight is 328 g/mol. The van der Waals surface area contributed by atoms with E-state index in [1.165, 1.54) is 0 Å². The molecule has 0 aliphatic carbocycles. The number of halogens is 2. The van der Waals surface area contributed by atoms with Gasteiger partial charge in [0.05, 0.1) is 6.61 Å². The molecule has 0 aliphatic heterocycles. The van der Waals surface area contributed by atoms with Crippen LogP contribution in [-0.2, 0) is 15.1 Å². The van der Waals surface area contributed by atoms with Crippen LogP contribution in [-0.4, -0.2) is 24.1 Å². The Morgan fingerprint density at radius 1 is 1.22 bits per heavy atom. The molecule has 0 radical (unpaired) electrons. The lowest BCUT2D eigenvalue weighted by Crippen LogP contribution is -2.45. The van der Waals surface area contributed by atoms with E-state index in [2.05, 4.69) is 0 Å². The summed E-state index contributed by atoms with van der Waals surface area (Å²) in [6.07, 6.45) is -2.48. The van der Waals surface area contributed by atoms with Crippen molar-refractivity contribution in [2.75, 3.05) is 6.61 Å². The predicted octanol–water partition coefficient (Wildman–Crippen LogP) is 4.24. The van der Waals surface area contributed by atoms with Crippen molar-refractivity contribution in [2.24, 2.45) is 5.92 Å². The molecule has 0 amide bonds. The molecular formula is C18H26F2O3. The van der Waals surface area contributed by atoms with Crippen LogP contribution in [0.3, 0.4) is 0 Å². The Kier molecular flexibility index (Phi) is 7.13. The Morgan fingerprint density at radius 2 is 1.78 bits per heavy atom. The van der Waals surface area contributed by atoms with Crippen LogP contribution in [0.15, 0.2) is 24.3 Å². The summed E-state index contributed by atoms with van der Waals surface area (Å²) in [5.41, 5.74) is -0.579. The van der Waals surface area contributed by atoms with Gasteiger partial charge < -0.3 is 9.84 Å². The molecule has 2 atom stereocenters. The van der Waals surface area contributed by atoms with Gasteiger partial charge in [0.15, 0.2) is 5.92 Å². The second-order valence-electron chi connectivity index (χ2n) is 6.02. The molecule has 5 heteroatoms. The van der Waals surface area contributed by atoms with Gasteiger partial charge in [0.1, 0.15) is 5.60 Å². The van der Waals surface area contributed by atoms with Gasteiger partial charge >= 0.3 is 5.97 Å². The van der Waals surface area contributed by atoms with E-state index in [9.17, 15) is 18.7 Å². The highest BCUT2D eigenvalue weighted by Crippen LogP contribution is 2.39. The normalized spacial score (nSPS) is 15.5. The third-order valence-corrected chi connectivity index (χ3v) is 4.02. The van der Waals surface area contributed by atoms with E-state index in [-0.39, 0.29) is 13.0 Å². The van der Waals surface area contributed by atoms with Crippen molar-refractivity contribution >= 4 is 5.97 Å². The minimum absolute atomic E-state index is 0.00343. The van der Waals surface area contributed by atoms with E-state index in [1.807, 2.05) is 13.8 Å². The first kappa shape index (κ1) is 19.6. The maximum Gasteiger partial charge on any atom is 0.318 e. The zero-order chi connectivity index (χ0) is 17.6. The van der Waals surface area contributed by atoms with Crippen LogP contribution < -0.4 is 0 Å². The zero-order valence-corrected chi connectivity index (χ0v) is 14.2. The van der Waals surface area contributed by atoms with Gasteiger partial charge in [-0.1, -0.05) is 51.5 Å². The molecule has 0 spiro atoms. The van der Waals surface area contributed by atoms with Gasteiger partial charge in [-0.25, -0.2) is 8.78 Å². The van der Waals surface area contributed by atoms with Crippen molar-refractivity contribution in [2.45, 2.75) is 58.5 Å². The molecule has 0 saturated carbocycles. The highest BCUT2D eigenvalue weighted by Gasteiger charge is 2.48. The molecule has 2 unspecified atom stereocenters. The second kappa shape index (κ2) is 8.39. The van der Waals surface area contributed by atoms with Crippen molar-refractivity contribution in [3.8, 4) is 0 Å². The molecule has 0 fully saturated rings. The molecule has 3 nitrogen and oxygen atoms in total. The Bertz CT molecular complexity index is 499. The number of rotatable bonds is 8. The van der Waals surface area contributed by atoms with Crippen molar-refractivity contribution < 1.29 is 23.4 Å². The number of hydrogen-bond donors (Lipinski definition) is 1. The van der Waals surface area contributed by atoms with E-state index < -0.39 is 23.9 Å². The fourth-order valence-corrected chi connectivity index (χ4v) is 2.76. The predicted molar refractivity (Wildman–Crippen MR) is 85.5 cm³/mol. The third kappa shape index (κ3) is 4.50. The smallest absolute Gasteiger partial charge is 0.318 e. The van der Waals surface area contributed by atoms with Gasteiger partial charge in [0.25, 0.3) is 6.43 Å². The second-order valence-corrected chi connectivity index (χ2v) is 6.02. The highest BCUT2D eigenvalue weighted by molar-refractivity contribution is 5.75. The molecule has 23 heavy (non-hydrogen) atoms. The maximum atomic E-state index is 13.5. The van der Waals surface area contributed by atoms with E-state index in [1.54, 1.807) is 38.1 Å². The van der Waals surface area contributed by atoms with Crippen LogP contribution in [0, 0.1) is 5.92 Å². The summed E-state index contributed by atoms with van der Waals surface area (Å²) in [6, 6.07) is 6.85. The summed E-state index contributed by atoms with van der Waals surface area (Å²) in [5, 5.41) is 11.0. The van der Waals surface area contributed by atoms with Crippen LogP contribution in [0.5, 0.6) is 0 Å². The van der Waals surface area contributed by atoms with Gasteiger partial charge in [-0.3, -0.25) is 4.79 Å². The summed E-state index contributed by atoms with van der Waals surface area (Å²) < 4.78 is 31.8. The molecule has 0 bridgehead atoms. The topological polar surface area (TPSA) is 46.5 Å². The molecular weight excluding hydrogens is 302 g/mol. The number of ether oxygens (including phenoxy) is 1. The molecule has 0 heterocycles. The Hall–Kier alpha value is -1.49. The Balaban J connectivity index is 3.29. The van der Waals surface area contributed by atoms with E-state index in [0.29, 0.717) is 17.9 Å². The summed E-state index contributed by atoms with van der Waals surface area (Å²) in [7, 11) is 0. The first-order chi connectivity index (χ1) is 10.8. The van der Waals surface area contributed by atoms with Gasteiger partial charge in [-0.15, -0.1) is 0 Å². The zero-order valence-electron chi connectivity index (χ0n) is 14.2. The summed E-state index contributed by atoms with van der Waals surface area (Å²) >= 11 is 0. The van der Waals surface area contributed by atoms with Crippen molar-refractivity contribution in [3.05, 3.63) is 35.4 Å². The molecule has 1 rings (SSSR count). The molecule has 0 aromatic heterocycles. The first-order valence-electron chi connectivity index (χ1n) is 8.05. The van der Waals surface area contributed by atoms with E-state index in [4.69, 9.17) is 4.74 Å². The molecule has 1 aromatic rings. The van der Waals surface area contributed by atoms with Crippen molar-refractivity contribution in [3.63, 3.8) is 0 Å². The number of alkyl halides is 2. The minimum Gasteiger partial charge on any atom is -0.466 e. The standard InChI is InChI=1S/C18H26F2O3/c1-5-11-18(22,15(16(19)20)17(21)23-6-2)14-9-7-13(8-10-14)12(3)4/h7-10,12,15-16,22H,5-6,11H2,1-4H3. The first-order valence-corrected chi connectivity index (χ1v) is 8.05. The molecule has 0 aliphatic rings. The van der Waals surface area contributed by atoms with Crippen LogP contribution in [0.4, 0.5) is 8.78 Å². The molecule has 1 N–H and O–H groups in total. The maximum absolute atomic E-state index is 13.5. The molecule has 0 saturated heterocycles. The number of hydrogen-bond acceptors (Lipinski definition) is 3. The SMILES string of the molecule is CCCC(O)(c1ccc(C(C)C)cc1)C(C(=O)OCC)C(F)F. The van der Waals surface area contributed by atoms with Gasteiger partial charge in [-0.2, -0.15) is 0 Å². The van der Waals surface area contributed by atoms with Crippen LogP contribution in [0.25, 0.3) is 0 Å². The number of carbonyl (C=O) groups is 1. The Labute approximate surface area is 136 Å². The summed E-state index contributed by atoms with van der Waals surface area (Å²) in [5.74, 6) is -2.67. The number of aliphatic hydroxyl groups is 1. The Morgan fingerprint density at radius 3 is 2.17 bits per heavy atom. The molecule has 130 valence electrons. The highest BCUT2D eigenvalue weighted by atomic mass is 19.3. The van der Waals surface area contributed by atoms with Crippen LogP contribution >= 0.6 is 0 Å². The fraction of sp³-hybridized carbons (Fsp3) is 0.611. The number of esters is 1.